The first-order valence-electron chi connectivity index (χ1n) is 9.47. The monoisotopic (exact) mass is 433 g/mol. The highest BCUT2D eigenvalue weighted by molar-refractivity contribution is 7.17. The molecule has 2 aromatic rings. The van der Waals surface area contributed by atoms with Crippen molar-refractivity contribution in [2.75, 3.05) is 45.3 Å². The summed E-state index contributed by atoms with van der Waals surface area (Å²) in [5.74, 6) is -0.141. The van der Waals surface area contributed by atoms with Gasteiger partial charge in [-0.05, 0) is 34.4 Å². The predicted octanol–water partition coefficient (Wildman–Crippen LogP) is 2.00. The lowest BCUT2D eigenvalue weighted by atomic mass is 10.0. The molecular formula is C20H23N3O4S2. The third kappa shape index (κ3) is 3.82. The van der Waals surface area contributed by atoms with Gasteiger partial charge in [0.1, 0.15) is 11.5 Å². The molecule has 4 heterocycles. The molecule has 0 bridgehead atoms. The summed E-state index contributed by atoms with van der Waals surface area (Å²) in [4.78, 5) is 44.5. The molecule has 154 valence electrons. The molecule has 4 rings (SSSR count). The first-order chi connectivity index (χ1) is 14.0. The van der Waals surface area contributed by atoms with E-state index in [1.54, 1.807) is 30.4 Å². The van der Waals surface area contributed by atoms with Crippen molar-refractivity contribution in [2.24, 2.45) is 0 Å². The van der Waals surface area contributed by atoms with Gasteiger partial charge in [-0.25, -0.2) is 0 Å². The Kier molecular flexibility index (Phi) is 5.71. The molecule has 0 spiro atoms. The van der Waals surface area contributed by atoms with Gasteiger partial charge in [0, 0.05) is 25.6 Å². The SMILES string of the molecule is COCCN1C(=O)CN(C)C(=O)c2c1sc1c2CCN(C(=O)Cc2ccsc2)C1. The number of likely N-dealkylation sites (N-methyl/N-ethyl adjacent to an activating group) is 1. The molecule has 0 saturated carbocycles. The highest BCUT2D eigenvalue weighted by Crippen LogP contribution is 2.41. The minimum atomic E-state index is -0.121. The Morgan fingerprint density at radius 1 is 1.28 bits per heavy atom. The molecule has 0 radical (unpaired) electrons. The van der Waals surface area contributed by atoms with Gasteiger partial charge in [0.05, 0.1) is 31.7 Å². The van der Waals surface area contributed by atoms with Crippen LogP contribution in [0.3, 0.4) is 0 Å². The minimum Gasteiger partial charge on any atom is -0.383 e. The van der Waals surface area contributed by atoms with Crippen molar-refractivity contribution in [1.82, 2.24) is 9.80 Å². The number of anilines is 1. The number of rotatable bonds is 5. The Bertz CT molecular complexity index is 938. The predicted molar refractivity (Wildman–Crippen MR) is 113 cm³/mol. The van der Waals surface area contributed by atoms with Crippen LogP contribution in [0.25, 0.3) is 0 Å². The largest absolute Gasteiger partial charge is 0.383 e. The summed E-state index contributed by atoms with van der Waals surface area (Å²) in [6.45, 7) is 1.94. The second-order valence-electron chi connectivity index (χ2n) is 7.26. The van der Waals surface area contributed by atoms with Gasteiger partial charge in [-0.15, -0.1) is 11.3 Å². The number of methoxy groups -OCH3 is 1. The zero-order valence-corrected chi connectivity index (χ0v) is 18.1. The van der Waals surface area contributed by atoms with E-state index < -0.39 is 0 Å². The van der Waals surface area contributed by atoms with Crippen LogP contribution in [0.5, 0.6) is 0 Å². The third-order valence-corrected chi connectivity index (χ3v) is 7.30. The van der Waals surface area contributed by atoms with E-state index in [2.05, 4.69) is 0 Å². The molecule has 29 heavy (non-hydrogen) atoms. The standard InChI is InChI=1S/C20H23N3O4S2/c1-21-11-17(25)23(6-7-27-2)20-18(19(21)26)14-3-5-22(10-15(14)29-20)16(24)9-13-4-8-28-12-13/h4,8,12H,3,5-7,9-11H2,1-2H3. The molecule has 0 fully saturated rings. The van der Waals surface area contributed by atoms with E-state index in [1.165, 1.54) is 16.2 Å². The molecular weight excluding hydrogens is 410 g/mol. The van der Waals surface area contributed by atoms with Gasteiger partial charge in [-0.3, -0.25) is 19.3 Å². The van der Waals surface area contributed by atoms with Gasteiger partial charge < -0.3 is 14.5 Å². The summed E-state index contributed by atoms with van der Waals surface area (Å²) in [6.07, 6.45) is 1.02. The van der Waals surface area contributed by atoms with Crippen molar-refractivity contribution in [2.45, 2.75) is 19.4 Å². The Balaban J connectivity index is 1.63. The van der Waals surface area contributed by atoms with Crippen LogP contribution in [-0.2, 0) is 33.7 Å². The van der Waals surface area contributed by atoms with Crippen LogP contribution in [-0.4, -0.2) is 67.9 Å². The Morgan fingerprint density at radius 2 is 2.10 bits per heavy atom. The van der Waals surface area contributed by atoms with Gasteiger partial charge in [-0.1, -0.05) is 0 Å². The topological polar surface area (TPSA) is 70.2 Å². The van der Waals surface area contributed by atoms with E-state index in [0.29, 0.717) is 49.6 Å². The lowest BCUT2D eigenvalue weighted by Gasteiger charge is -2.27. The molecule has 0 N–H and O–H groups in total. The van der Waals surface area contributed by atoms with E-state index >= 15 is 0 Å². The third-order valence-electron chi connectivity index (χ3n) is 5.32. The molecule has 0 aliphatic carbocycles. The van der Waals surface area contributed by atoms with Crippen molar-refractivity contribution in [3.8, 4) is 0 Å². The quantitative estimate of drug-likeness (QED) is 0.723. The molecule has 7 nitrogen and oxygen atoms in total. The summed E-state index contributed by atoms with van der Waals surface area (Å²) < 4.78 is 5.16. The van der Waals surface area contributed by atoms with Gasteiger partial charge in [0.25, 0.3) is 5.91 Å². The van der Waals surface area contributed by atoms with Crippen molar-refractivity contribution >= 4 is 45.4 Å². The molecule has 2 aromatic heterocycles. The number of carbonyl (C=O) groups excluding carboxylic acids is 3. The number of ether oxygens (including phenoxy) is 1. The fourth-order valence-electron chi connectivity index (χ4n) is 3.77. The highest BCUT2D eigenvalue weighted by atomic mass is 32.1. The smallest absolute Gasteiger partial charge is 0.257 e. The number of carbonyl (C=O) groups is 3. The Labute approximate surface area is 177 Å². The van der Waals surface area contributed by atoms with Crippen LogP contribution in [0, 0.1) is 0 Å². The van der Waals surface area contributed by atoms with Crippen LogP contribution < -0.4 is 4.90 Å². The lowest BCUT2D eigenvalue weighted by Crippen LogP contribution is -2.39. The van der Waals surface area contributed by atoms with E-state index in [4.69, 9.17) is 4.74 Å². The maximum absolute atomic E-state index is 13.0. The first-order valence-corrected chi connectivity index (χ1v) is 11.2. The van der Waals surface area contributed by atoms with Crippen molar-refractivity contribution in [1.29, 1.82) is 0 Å². The van der Waals surface area contributed by atoms with Gasteiger partial charge >= 0.3 is 0 Å². The number of nitrogens with zero attached hydrogens (tertiary/aromatic N) is 3. The number of hydrogen-bond donors (Lipinski definition) is 0. The van der Waals surface area contributed by atoms with Crippen LogP contribution in [0.15, 0.2) is 16.8 Å². The number of hydrogen-bond acceptors (Lipinski definition) is 6. The summed E-state index contributed by atoms with van der Waals surface area (Å²) >= 11 is 3.04. The number of thiophene rings is 2. The fraction of sp³-hybridized carbons (Fsp3) is 0.450. The van der Waals surface area contributed by atoms with Gasteiger partial charge in [-0.2, -0.15) is 11.3 Å². The summed E-state index contributed by atoms with van der Waals surface area (Å²) in [7, 11) is 3.25. The second-order valence-corrected chi connectivity index (χ2v) is 9.12. The van der Waals surface area contributed by atoms with Gasteiger partial charge in [0.15, 0.2) is 0 Å². The molecule has 3 amide bonds. The first kappa shape index (κ1) is 20.1. The summed E-state index contributed by atoms with van der Waals surface area (Å²) in [5, 5.41) is 4.66. The van der Waals surface area contributed by atoms with Crippen molar-refractivity contribution in [3.05, 3.63) is 38.4 Å². The van der Waals surface area contributed by atoms with Crippen LogP contribution in [0.1, 0.15) is 26.4 Å². The molecule has 9 heteroatoms. The molecule has 0 aromatic carbocycles. The van der Waals surface area contributed by atoms with E-state index in [1.807, 2.05) is 21.7 Å². The molecule has 0 saturated heterocycles. The van der Waals surface area contributed by atoms with Crippen LogP contribution in [0.4, 0.5) is 5.00 Å². The van der Waals surface area contributed by atoms with E-state index in [0.717, 1.165) is 16.0 Å². The van der Waals surface area contributed by atoms with E-state index in [9.17, 15) is 14.4 Å². The average Bonchev–Trinajstić information content (AvgIpc) is 3.32. The minimum absolute atomic E-state index is 0.0595. The maximum atomic E-state index is 13.0. The molecule has 0 unspecified atom stereocenters. The van der Waals surface area contributed by atoms with Gasteiger partial charge in [0.2, 0.25) is 11.8 Å². The zero-order chi connectivity index (χ0) is 20.5. The Hall–Kier alpha value is -2.23. The highest BCUT2D eigenvalue weighted by Gasteiger charge is 2.37. The van der Waals surface area contributed by atoms with Crippen molar-refractivity contribution in [3.63, 3.8) is 0 Å². The number of fused-ring (bicyclic) bond motifs is 3. The average molecular weight is 434 g/mol. The molecule has 2 aliphatic rings. The Morgan fingerprint density at radius 3 is 2.83 bits per heavy atom. The second kappa shape index (κ2) is 8.25. The van der Waals surface area contributed by atoms with Crippen LogP contribution in [0.2, 0.25) is 0 Å². The summed E-state index contributed by atoms with van der Waals surface area (Å²) in [5.41, 5.74) is 2.64. The van der Waals surface area contributed by atoms with Crippen LogP contribution >= 0.6 is 22.7 Å². The normalized spacial score (nSPS) is 16.7. The summed E-state index contributed by atoms with van der Waals surface area (Å²) in [6, 6.07) is 1.97. The molecule has 2 aliphatic heterocycles. The fourth-order valence-corrected chi connectivity index (χ4v) is 5.83. The molecule has 0 atom stereocenters. The van der Waals surface area contributed by atoms with Crippen molar-refractivity contribution < 1.29 is 19.1 Å². The maximum Gasteiger partial charge on any atom is 0.257 e. The van der Waals surface area contributed by atoms with E-state index in [-0.39, 0.29) is 24.3 Å². The zero-order valence-electron chi connectivity index (χ0n) is 16.5. The lowest BCUT2D eigenvalue weighted by molar-refractivity contribution is -0.131. The number of amides is 3.